The number of hydrogen-bond acceptors (Lipinski definition) is 3. The van der Waals surface area contributed by atoms with Gasteiger partial charge in [0.05, 0.1) is 11.2 Å². The summed E-state index contributed by atoms with van der Waals surface area (Å²) in [4.78, 5) is 33.9. The number of hydrogen-bond donors (Lipinski definition) is 0. The topological polar surface area (TPSA) is 53.5 Å². The number of pyridine rings is 1. The number of carbonyl (C=O) groups is 2. The maximum atomic E-state index is 12.8. The van der Waals surface area contributed by atoms with Gasteiger partial charge in [0.2, 0.25) is 11.8 Å². The van der Waals surface area contributed by atoms with Crippen molar-refractivity contribution in [3.05, 3.63) is 48.2 Å². The Bertz CT molecular complexity index is 892. The van der Waals surface area contributed by atoms with Crippen molar-refractivity contribution >= 4 is 28.8 Å². The molecule has 0 spiro atoms. The van der Waals surface area contributed by atoms with E-state index in [0.717, 1.165) is 55.4 Å². The first kappa shape index (κ1) is 19.6. The molecule has 3 heterocycles. The Hall–Kier alpha value is -2.69. The average molecular weight is 392 g/mol. The predicted molar refractivity (Wildman–Crippen MR) is 115 cm³/mol. The van der Waals surface area contributed by atoms with E-state index in [2.05, 4.69) is 9.88 Å². The molecular formula is C24H29N3O2. The van der Waals surface area contributed by atoms with Gasteiger partial charge in [0.1, 0.15) is 0 Å². The van der Waals surface area contributed by atoms with Crippen molar-refractivity contribution in [3.8, 4) is 0 Å². The fourth-order valence-corrected chi connectivity index (χ4v) is 4.33. The summed E-state index contributed by atoms with van der Waals surface area (Å²) in [5, 5.41) is 1.09. The zero-order valence-corrected chi connectivity index (χ0v) is 16.9. The summed E-state index contributed by atoms with van der Waals surface area (Å²) >= 11 is 0. The van der Waals surface area contributed by atoms with Crippen LogP contribution in [-0.2, 0) is 9.59 Å². The van der Waals surface area contributed by atoms with E-state index < -0.39 is 0 Å². The van der Waals surface area contributed by atoms with E-state index >= 15 is 0 Å². The van der Waals surface area contributed by atoms with Crippen LogP contribution in [0.2, 0.25) is 0 Å². The second-order valence-corrected chi connectivity index (χ2v) is 8.10. The SMILES string of the molecule is O=C(/C=C/c1ccc2ccccc2n1)N1CCC(C(=O)N2CCCCCC2)CC1. The van der Waals surface area contributed by atoms with Crippen molar-refractivity contribution in [2.75, 3.05) is 26.2 Å². The summed E-state index contributed by atoms with van der Waals surface area (Å²) in [6, 6.07) is 11.9. The summed E-state index contributed by atoms with van der Waals surface area (Å²) in [6.45, 7) is 3.11. The zero-order valence-electron chi connectivity index (χ0n) is 16.9. The molecule has 1 aromatic carbocycles. The van der Waals surface area contributed by atoms with Gasteiger partial charge in [-0.1, -0.05) is 37.1 Å². The first-order chi connectivity index (χ1) is 14.2. The van der Waals surface area contributed by atoms with Crippen molar-refractivity contribution in [1.29, 1.82) is 0 Å². The standard InChI is InChI=1S/C24H29N3O2/c28-23(12-11-21-10-9-19-7-3-4-8-22(19)25-21)26-17-13-20(14-18-26)24(29)27-15-5-1-2-6-16-27/h3-4,7-12,20H,1-2,5-6,13-18H2/b12-11+. The summed E-state index contributed by atoms with van der Waals surface area (Å²) in [5.41, 5.74) is 1.71. The molecule has 5 nitrogen and oxygen atoms in total. The molecule has 0 atom stereocenters. The van der Waals surface area contributed by atoms with Crippen molar-refractivity contribution in [2.24, 2.45) is 5.92 Å². The van der Waals surface area contributed by atoms with Crippen LogP contribution >= 0.6 is 0 Å². The van der Waals surface area contributed by atoms with Gasteiger partial charge in [-0.15, -0.1) is 0 Å². The monoisotopic (exact) mass is 391 g/mol. The maximum Gasteiger partial charge on any atom is 0.246 e. The number of aromatic nitrogens is 1. The van der Waals surface area contributed by atoms with Gasteiger partial charge >= 0.3 is 0 Å². The van der Waals surface area contributed by atoms with Crippen molar-refractivity contribution < 1.29 is 9.59 Å². The number of benzene rings is 1. The van der Waals surface area contributed by atoms with Gasteiger partial charge in [0, 0.05) is 43.6 Å². The Labute approximate surface area is 172 Å². The highest BCUT2D eigenvalue weighted by Gasteiger charge is 2.29. The van der Waals surface area contributed by atoms with E-state index in [1.54, 1.807) is 12.2 Å². The van der Waals surface area contributed by atoms with E-state index in [9.17, 15) is 9.59 Å². The number of para-hydroxylation sites is 1. The fourth-order valence-electron chi connectivity index (χ4n) is 4.33. The minimum atomic E-state index is 0.000583. The summed E-state index contributed by atoms with van der Waals surface area (Å²) < 4.78 is 0. The van der Waals surface area contributed by atoms with Gasteiger partial charge < -0.3 is 9.80 Å². The van der Waals surface area contributed by atoms with E-state index in [-0.39, 0.29) is 11.8 Å². The Balaban J connectivity index is 1.31. The number of piperidine rings is 1. The molecule has 4 rings (SSSR count). The van der Waals surface area contributed by atoms with E-state index in [4.69, 9.17) is 0 Å². The molecule has 29 heavy (non-hydrogen) atoms. The second kappa shape index (κ2) is 9.21. The van der Waals surface area contributed by atoms with Crippen molar-refractivity contribution in [3.63, 3.8) is 0 Å². The minimum absolute atomic E-state index is 0.000583. The molecule has 2 saturated heterocycles. The molecule has 152 valence electrons. The normalized spacial score (nSPS) is 18.9. The van der Waals surface area contributed by atoms with Crippen LogP contribution in [0.25, 0.3) is 17.0 Å². The molecule has 1 aromatic heterocycles. The van der Waals surface area contributed by atoms with Gasteiger partial charge in [-0.2, -0.15) is 0 Å². The lowest BCUT2D eigenvalue weighted by molar-refractivity contribution is -0.139. The van der Waals surface area contributed by atoms with Crippen LogP contribution in [0.1, 0.15) is 44.2 Å². The first-order valence-corrected chi connectivity index (χ1v) is 10.8. The van der Waals surface area contributed by atoms with Crippen LogP contribution in [0.5, 0.6) is 0 Å². The highest BCUT2D eigenvalue weighted by molar-refractivity contribution is 5.92. The van der Waals surface area contributed by atoms with Crippen LogP contribution in [0.4, 0.5) is 0 Å². The molecule has 5 heteroatoms. The first-order valence-electron chi connectivity index (χ1n) is 10.8. The number of fused-ring (bicyclic) bond motifs is 1. The van der Waals surface area contributed by atoms with Crippen LogP contribution in [0, 0.1) is 5.92 Å². The van der Waals surface area contributed by atoms with Gasteiger partial charge in [-0.25, -0.2) is 4.98 Å². The van der Waals surface area contributed by atoms with Crippen molar-refractivity contribution in [1.82, 2.24) is 14.8 Å². The van der Waals surface area contributed by atoms with Gasteiger partial charge in [0.15, 0.2) is 0 Å². The number of amides is 2. The van der Waals surface area contributed by atoms with Crippen LogP contribution in [0.15, 0.2) is 42.5 Å². The quantitative estimate of drug-likeness (QED) is 0.746. The Morgan fingerprint density at radius 1 is 0.862 bits per heavy atom. The molecule has 2 amide bonds. The Morgan fingerprint density at radius 3 is 2.34 bits per heavy atom. The van der Waals surface area contributed by atoms with Gasteiger partial charge in [-0.05, 0) is 43.9 Å². The highest BCUT2D eigenvalue weighted by Crippen LogP contribution is 2.22. The minimum Gasteiger partial charge on any atom is -0.342 e. The smallest absolute Gasteiger partial charge is 0.246 e. The molecule has 0 bridgehead atoms. The molecule has 0 unspecified atom stereocenters. The summed E-state index contributed by atoms with van der Waals surface area (Å²) in [7, 11) is 0. The molecule has 2 aliphatic rings. The molecular weight excluding hydrogens is 362 g/mol. The third kappa shape index (κ3) is 4.84. The third-order valence-corrected chi connectivity index (χ3v) is 6.09. The molecule has 2 fully saturated rings. The Kier molecular flexibility index (Phi) is 6.23. The maximum absolute atomic E-state index is 12.8. The lowest BCUT2D eigenvalue weighted by Crippen LogP contribution is -2.44. The molecule has 2 aromatic rings. The van der Waals surface area contributed by atoms with E-state index in [1.807, 2.05) is 41.3 Å². The van der Waals surface area contributed by atoms with Crippen LogP contribution < -0.4 is 0 Å². The second-order valence-electron chi connectivity index (χ2n) is 8.10. The molecule has 0 radical (unpaired) electrons. The van der Waals surface area contributed by atoms with Crippen LogP contribution in [-0.4, -0.2) is 52.8 Å². The lowest BCUT2D eigenvalue weighted by Gasteiger charge is -2.33. The van der Waals surface area contributed by atoms with Crippen molar-refractivity contribution in [2.45, 2.75) is 38.5 Å². The van der Waals surface area contributed by atoms with Gasteiger partial charge in [-0.3, -0.25) is 9.59 Å². The number of rotatable bonds is 3. The summed E-state index contributed by atoms with van der Waals surface area (Å²) in [5.74, 6) is 0.374. The number of likely N-dealkylation sites (tertiary alicyclic amines) is 2. The summed E-state index contributed by atoms with van der Waals surface area (Å²) in [6.07, 6.45) is 9.63. The van der Waals surface area contributed by atoms with Gasteiger partial charge in [0.25, 0.3) is 0 Å². The lowest BCUT2D eigenvalue weighted by atomic mass is 9.95. The zero-order chi connectivity index (χ0) is 20.1. The molecule has 0 saturated carbocycles. The van der Waals surface area contributed by atoms with E-state index in [0.29, 0.717) is 19.0 Å². The number of carbonyl (C=O) groups excluding carboxylic acids is 2. The Morgan fingerprint density at radius 2 is 1.59 bits per heavy atom. The molecule has 0 N–H and O–H groups in total. The largest absolute Gasteiger partial charge is 0.342 e. The van der Waals surface area contributed by atoms with E-state index in [1.165, 1.54) is 12.8 Å². The predicted octanol–water partition coefficient (Wildman–Crippen LogP) is 3.89. The molecule has 2 aliphatic heterocycles. The molecule has 0 aliphatic carbocycles. The number of nitrogens with zero attached hydrogens (tertiary/aromatic N) is 3. The fraction of sp³-hybridized carbons (Fsp3) is 0.458. The highest BCUT2D eigenvalue weighted by atomic mass is 16.2. The average Bonchev–Trinajstić information content (AvgIpc) is 3.06. The van der Waals surface area contributed by atoms with Crippen LogP contribution in [0.3, 0.4) is 0 Å². The third-order valence-electron chi connectivity index (χ3n) is 6.09.